The van der Waals surface area contributed by atoms with Gasteiger partial charge in [-0.05, 0) is 32.4 Å². The van der Waals surface area contributed by atoms with Crippen molar-refractivity contribution < 1.29 is 22.7 Å². The van der Waals surface area contributed by atoms with Crippen molar-refractivity contribution >= 4 is 5.97 Å². The van der Waals surface area contributed by atoms with Crippen LogP contribution in [0.4, 0.5) is 13.2 Å². The third kappa shape index (κ3) is 3.32. The molecule has 7 heteroatoms. The second-order valence-corrected chi connectivity index (χ2v) is 5.91. The number of halogens is 3. The van der Waals surface area contributed by atoms with Crippen LogP contribution in [0.2, 0.25) is 0 Å². The molecule has 0 bridgehead atoms. The van der Waals surface area contributed by atoms with Gasteiger partial charge in [-0.2, -0.15) is 18.4 Å². The molecule has 0 aliphatic carbocycles. The fraction of sp³-hybridized carbons (Fsp3) is 0.368. The van der Waals surface area contributed by atoms with Gasteiger partial charge >= 0.3 is 12.1 Å². The van der Waals surface area contributed by atoms with E-state index in [0.717, 1.165) is 6.07 Å². The second-order valence-electron chi connectivity index (χ2n) is 5.91. The lowest BCUT2D eigenvalue weighted by molar-refractivity contribution is -0.140. The van der Waals surface area contributed by atoms with Crippen LogP contribution in [0.5, 0.6) is 0 Å². The van der Waals surface area contributed by atoms with Gasteiger partial charge in [0, 0.05) is 18.4 Å². The minimum atomic E-state index is -4.61. The lowest BCUT2D eigenvalue weighted by atomic mass is 9.78. The van der Waals surface area contributed by atoms with E-state index in [4.69, 9.17) is 4.74 Å². The predicted octanol–water partition coefficient (Wildman–Crippen LogP) is 4.37. The molecule has 0 radical (unpaired) electrons. The number of benzene rings is 1. The third-order valence-corrected chi connectivity index (χ3v) is 4.56. The summed E-state index contributed by atoms with van der Waals surface area (Å²) in [6.07, 6.45) is -4.61. The minimum absolute atomic E-state index is 0.0493. The van der Waals surface area contributed by atoms with Crippen LogP contribution in [-0.2, 0) is 15.7 Å². The van der Waals surface area contributed by atoms with Crippen LogP contribution in [-0.4, -0.2) is 24.5 Å². The molecule has 0 amide bonds. The van der Waals surface area contributed by atoms with E-state index in [9.17, 15) is 23.2 Å². The highest BCUT2D eigenvalue weighted by Gasteiger charge is 2.41. The summed E-state index contributed by atoms with van der Waals surface area (Å²) in [4.78, 5) is 14.2. The summed E-state index contributed by atoms with van der Waals surface area (Å²) in [6.45, 7) is 4.98. The fourth-order valence-corrected chi connectivity index (χ4v) is 3.11. The quantitative estimate of drug-likeness (QED) is 0.748. The van der Waals surface area contributed by atoms with Crippen LogP contribution < -0.4 is 0 Å². The smallest absolute Gasteiger partial charge is 0.416 e. The molecule has 1 atom stereocenters. The zero-order chi connectivity index (χ0) is 19.6. The Kier molecular flexibility index (Phi) is 5.45. The number of carbonyl (C=O) groups excluding carboxylic acids is 1. The van der Waals surface area contributed by atoms with Crippen LogP contribution in [0.3, 0.4) is 0 Å². The molecule has 0 saturated heterocycles. The fourth-order valence-electron chi connectivity index (χ4n) is 3.11. The van der Waals surface area contributed by atoms with E-state index in [2.05, 4.69) is 0 Å². The maximum atomic E-state index is 13.5. The number of hydrogen-bond donors (Lipinski definition) is 0. The maximum absolute atomic E-state index is 13.5. The largest absolute Gasteiger partial charge is 0.463 e. The van der Waals surface area contributed by atoms with Gasteiger partial charge < -0.3 is 9.64 Å². The summed E-state index contributed by atoms with van der Waals surface area (Å²) in [6, 6.07) is 6.99. The van der Waals surface area contributed by atoms with Crippen molar-refractivity contribution in [1.29, 1.82) is 5.26 Å². The van der Waals surface area contributed by atoms with Gasteiger partial charge in [0.1, 0.15) is 0 Å². The average molecular weight is 364 g/mol. The molecule has 138 valence electrons. The molecule has 26 heavy (non-hydrogen) atoms. The molecule has 0 N–H and O–H groups in total. The van der Waals surface area contributed by atoms with Gasteiger partial charge in [0.2, 0.25) is 0 Å². The van der Waals surface area contributed by atoms with Gasteiger partial charge in [-0.15, -0.1) is 0 Å². The van der Waals surface area contributed by atoms with Crippen molar-refractivity contribution in [2.75, 3.05) is 13.7 Å². The van der Waals surface area contributed by atoms with Crippen LogP contribution in [0, 0.1) is 11.3 Å². The van der Waals surface area contributed by atoms with E-state index in [-0.39, 0.29) is 23.3 Å². The van der Waals surface area contributed by atoms with Gasteiger partial charge in [-0.3, -0.25) is 0 Å². The highest BCUT2D eigenvalue weighted by molar-refractivity contribution is 5.93. The normalized spacial score (nSPS) is 18.1. The lowest BCUT2D eigenvalue weighted by Gasteiger charge is -2.35. The Morgan fingerprint density at radius 2 is 1.88 bits per heavy atom. The van der Waals surface area contributed by atoms with Crippen LogP contribution in [0.1, 0.15) is 37.8 Å². The standard InChI is InChI=1S/C19H19F3N2O2/c1-5-26-18(25)16-12(3)24(4)11(2)14(10-23)17(16)13-8-6-7-9-15(13)19(20,21)22/h6-9,17H,5H2,1-4H3. The molecule has 1 aliphatic heterocycles. The zero-order valence-electron chi connectivity index (χ0n) is 14.9. The second kappa shape index (κ2) is 7.24. The molecule has 0 spiro atoms. The topological polar surface area (TPSA) is 53.3 Å². The van der Waals surface area contributed by atoms with Gasteiger partial charge in [-0.1, -0.05) is 18.2 Å². The molecule has 2 rings (SSSR count). The maximum Gasteiger partial charge on any atom is 0.416 e. The molecule has 1 aromatic rings. The molecule has 0 saturated carbocycles. The van der Waals surface area contributed by atoms with Gasteiger partial charge in [-0.25, -0.2) is 4.79 Å². The van der Waals surface area contributed by atoms with E-state index < -0.39 is 23.6 Å². The first-order valence-electron chi connectivity index (χ1n) is 8.03. The first kappa shape index (κ1) is 19.6. The average Bonchev–Trinajstić information content (AvgIpc) is 2.58. The highest BCUT2D eigenvalue weighted by Crippen LogP contribution is 2.45. The Bertz CT molecular complexity index is 832. The van der Waals surface area contributed by atoms with Crippen LogP contribution >= 0.6 is 0 Å². The monoisotopic (exact) mass is 364 g/mol. The summed E-state index contributed by atoms with van der Waals surface area (Å²) in [5.74, 6) is -1.85. The number of hydrogen-bond acceptors (Lipinski definition) is 4. The van der Waals surface area contributed by atoms with E-state index >= 15 is 0 Å². The van der Waals surface area contributed by atoms with Crippen LogP contribution in [0.15, 0.2) is 46.8 Å². The molecule has 0 aromatic heterocycles. The van der Waals surface area contributed by atoms with Crippen molar-refractivity contribution in [2.45, 2.75) is 32.9 Å². The SMILES string of the molecule is CCOC(=O)C1=C(C)N(C)C(C)=C(C#N)C1c1ccccc1C(F)(F)F. The predicted molar refractivity (Wildman–Crippen MR) is 89.6 cm³/mol. The van der Waals surface area contributed by atoms with Crippen molar-refractivity contribution in [3.8, 4) is 6.07 Å². The van der Waals surface area contributed by atoms with E-state index in [1.54, 1.807) is 32.7 Å². The number of esters is 1. The summed E-state index contributed by atoms with van der Waals surface area (Å²) in [5, 5.41) is 9.63. The van der Waals surface area contributed by atoms with Crippen LogP contribution in [0.25, 0.3) is 0 Å². The Balaban J connectivity index is 2.81. The van der Waals surface area contributed by atoms with Crippen molar-refractivity contribution in [2.24, 2.45) is 0 Å². The first-order chi connectivity index (χ1) is 12.1. The number of carbonyl (C=O) groups is 1. The number of allylic oxidation sites excluding steroid dienone is 3. The summed E-state index contributed by atoms with van der Waals surface area (Å²) >= 11 is 0. The molecular weight excluding hydrogens is 345 g/mol. The number of ether oxygens (including phenoxy) is 1. The molecular formula is C19H19F3N2O2. The summed E-state index contributed by atoms with van der Waals surface area (Å²) in [7, 11) is 1.66. The molecule has 0 fully saturated rings. The Labute approximate surface area is 150 Å². The Morgan fingerprint density at radius 1 is 1.27 bits per heavy atom. The van der Waals surface area contributed by atoms with Gasteiger partial charge in [0.05, 0.1) is 35.3 Å². The Hall–Kier alpha value is -2.75. The van der Waals surface area contributed by atoms with E-state index in [0.29, 0.717) is 11.4 Å². The summed E-state index contributed by atoms with van der Waals surface area (Å²) < 4.78 is 45.7. The third-order valence-electron chi connectivity index (χ3n) is 4.56. The number of nitrogens with zero attached hydrogens (tertiary/aromatic N) is 2. The first-order valence-corrected chi connectivity index (χ1v) is 8.03. The van der Waals surface area contributed by atoms with Crippen molar-refractivity contribution in [3.05, 3.63) is 57.9 Å². The molecule has 1 heterocycles. The molecule has 4 nitrogen and oxygen atoms in total. The molecule has 1 aliphatic rings. The molecule has 1 aromatic carbocycles. The zero-order valence-corrected chi connectivity index (χ0v) is 14.9. The van der Waals surface area contributed by atoms with Gasteiger partial charge in [0.25, 0.3) is 0 Å². The minimum Gasteiger partial charge on any atom is -0.463 e. The number of nitriles is 1. The van der Waals surface area contributed by atoms with Crippen molar-refractivity contribution in [1.82, 2.24) is 4.90 Å². The highest BCUT2D eigenvalue weighted by atomic mass is 19.4. The number of rotatable bonds is 3. The number of alkyl halides is 3. The van der Waals surface area contributed by atoms with E-state index in [1.165, 1.54) is 18.2 Å². The van der Waals surface area contributed by atoms with Gasteiger partial charge in [0.15, 0.2) is 0 Å². The summed E-state index contributed by atoms with van der Waals surface area (Å²) in [5.41, 5.74) is 0.101. The van der Waals surface area contributed by atoms with E-state index in [1.807, 2.05) is 6.07 Å². The molecule has 1 unspecified atom stereocenters. The lowest BCUT2D eigenvalue weighted by Crippen LogP contribution is -2.31. The Morgan fingerprint density at radius 3 is 2.42 bits per heavy atom. The van der Waals surface area contributed by atoms with Crippen molar-refractivity contribution in [3.63, 3.8) is 0 Å².